The summed E-state index contributed by atoms with van der Waals surface area (Å²) in [6.07, 6.45) is 5.99. The number of anilines is 1. The van der Waals surface area contributed by atoms with E-state index in [9.17, 15) is 0 Å². The lowest BCUT2D eigenvalue weighted by atomic mass is 10.1. The lowest BCUT2D eigenvalue weighted by Crippen LogP contribution is -2.41. The van der Waals surface area contributed by atoms with Crippen molar-refractivity contribution in [2.24, 2.45) is 0 Å². The van der Waals surface area contributed by atoms with Gasteiger partial charge in [-0.3, -0.25) is 4.90 Å². The van der Waals surface area contributed by atoms with Gasteiger partial charge in [-0.25, -0.2) is 9.97 Å². The Labute approximate surface area is 123 Å². The third-order valence-electron chi connectivity index (χ3n) is 3.58. The maximum absolute atomic E-state index is 4.25. The Morgan fingerprint density at radius 1 is 1.35 bits per heavy atom. The summed E-state index contributed by atoms with van der Waals surface area (Å²) in [5, 5.41) is 3.44. The van der Waals surface area contributed by atoms with Crippen LogP contribution in [-0.4, -0.2) is 34.0 Å². The first-order valence-corrected chi connectivity index (χ1v) is 7.92. The van der Waals surface area contributed by atoms with E-state index in [0.29, 0.717) is 6.04 Å². The number of aromatic nitrogens is 2. The van der Waals surface area contributed by atoms with Gasteiger partial charge in [-0.05, 0) is 44.5 Å². The van der Waals surface area contributed by atoms with Crippen LogP contribution in [0.1, 0.15) is 22.6 Å². The molecule has 2 aromatic rings. The Balaban J connectivity index is 1.56. The maximum atomic E-state index is 4.25. The highest BCUT2D eigenvalue weighted by atomic mass is 32.1. The summed E-state index contributed by atoms with van der Waals surface area (Å²) in [5.74, 6) is 0.742. The van der Waals surface area contributed by atoms with Crippen LogP contribution in [0.3, 0.4) is 0 Å². The molecule has 1 aliphatic rings. The molecule has 0 aliphatic carbocycles. The second-order valence-electron chi connectivity index (χ2n) is 5.30. The van der Waals surface area contributed by atoms with Gasteiger partial charge in [-0.2, -0.15) is 0 Å². The summed E-state index contributed by atoms with van der Waals surface area (Å²) in [7, 11) is 0. The van der Waals surface area contributed by atoms with Gasteiger partial charge in [0.2, 0.25) is 5.95 Å². The van der Waals surface area contributed by atoms with E-state index in [4.69, 9.17) is 0 Å². The molecule has 0 spiro atoms. The van der Waals surface area contributed by atoms with Crippen LogP contribution in [0.15, 0.2) is 30.6 Å². The van der Waals surface area contributed by atoms with Gasteiger partial charge in [0.1, 0.15) is 0 Å². The molecule has 0 radical (unpaired) electrons. The van der Waals surface area contributed by atoms with Crippen molar-refractivity contribution < 1.29 is 0 Å². The SMILES string of the molecule is Cc1ccc(CN2CCCC(Nc3ncccn3)C2)s1. The van der Waals surface area contributed by atoms with Gasteiger partial charge in [0, 0.05) is 41.3 Å². The number of nitrogens with zero attached hydrogens (tertiary/aromatic N) is 3. The number of likely N-dealkylation sites (tertiary alicyclic amines) is 1. The van der Waals surface area contributed by atoms with Crippen LogP contribution in [0.5, 0.6) is 0 Å². The van der Waals surface area contributed by atoms with E-state index in [0.717, 1.165) is 19.0 Å². The first-order valence-electron chi connectivity index (χ1n) is 7.11. The van der Waals surface area contributed by atoms with Crippen molar-refractivity contribution >= 4 is 17.3 Å². The van der Waals surface area contributed by atoms with Crippen molar-refractivity contribution in [2.45, 2.75) is 32.4 Å². The summed E-state index contributed by atoms with van der Waals surface area (Å²) in [4.78, 5) is 13.9. The summed E-state index contributed by atoms with van der Waals surface area (Å²) >= 11 is 1.90. The van der Waals surface area contributed by atoms with Crippen molar-refractivity contribution in [1.29, 1.82) is 0 Å². The number of aryl methyl sites for hydroxylation is 1. The highest BCUT2D eigenvalue weighted by Crippen LogP contribution is 2.20. The zero-order chi connectivity index (χ0) is 13.8. The zero-order valence-corrected chi connectivity index (χ0v) is 12.6. The smallest absolute Gasteiger partial charge is 0.222 e. The Bertz CT molecular complexity index is 540. The molecular formula is C15H20N4S. The topological polar surface area (TPSA) is 41.0 Å². The highest BCUT2D eigenvalue weighted by molar-refractivity contribution is 7.11. The van der Waals surface area contributed by atoms with E-state index in [2.05, 4.69) is 39.2 Å². The highest BCUT2D eigenvalue weighted by Gasteiger charge is 2.20. The Morgan fingerprint density at radius 2 is 2.20 bits per heavy atom. The molecule has 3 rings (SSSR count). The molecule has 106 valence electrons. The first kappa shape index (κ1) is 13.5. The number of thiophene rings is 1. The third-order valence-corrected chi connectivity index (χ3v) is 4.57. The standard InChI is InChI=1S/C15H20N4S/c1-12-5-6-14(20-12)11-19-9-2-4-13(10-19)18-15-16-7-3-8-17-15/h3,5-8,13H,2,4,9-11H2,1H3,(H,16,17,18). The number of rotatable bonds is 4. The lowest BCUT2D eigenvalue weighted by molar-refractivity contribution is 0.210. The van der Waals surface area contributed by atoms with Crippen LogP contribution in [-0.2, 0) is 6.54 Å². The molecule has 0 bridgehead atoms. The first-order chi connectivity index (χ1) is 9.79. The number of hydrogen-bond donors (Lipinski definition) is 1. The predicted octanol–water partition coefficient (Wildman–Crippen LogP) is 2.92. The van der Waals surface area contributed by atoms with Gasteiger partial charge in [-0.1, -0.05) is 0 Å². The molecule has 1 saturated heterocycles. The quantitative estimate of drug-likeness (QED) is 0.939. The molecule has 1 N–H and O–H groups in total. The largest absolute Gasteiger partial charge is 0.350 e. The minimum absolute atomic E-state index is 0.451. The number of piperidine rings is 1. The monoisotopic (exact) mass is 288 g/mol. The van der Waals surface area contributed by atoms with Gasteiger partial charge in [0.25, 0.3) is 0 Å². The van der Waals surface area contributed by atoms with Crippen molar-refractivity contribution in [3.05, 3.63) is 40.3 Å². The summed E-state index contributed by atoms with van der Waals surface area (Å²) < 4.78 is 0. The molecule has 1 aliphatic heterocycles. The lowest BCUT2D eigenvalue weighted by Gasteiger charge is -2.32. The van der Waals surface area contributed by atoms with Gasteiger partial charge >= 0.3 is 0 Å². The fraction of sp³-hybridized carbons (Fsp3) is 0.467. The molecule has 0 saturated carbocycles. The molecule has 0 amide bonds. The van der Waals surface area contributed by atoms with Crippen LogP contribution in [0.25, 0.3) is 0 Å². The molecule has 2 aromatic heterocycles. The molecule has 1 unspecified atom stereocenters. The Kier molecular flexibility index (Phi) is 4.28. The van der Waals surface area contributed by atoms with Crippen molar-refractivity contribution in [3.63, 3.8) is 0 Å². The van der Waals surface area contributed by atoms with E-state index < -0.39 is 0 Å². The molecule has 1 fully saturated rings. The Morgan fingerprint density at radius 3 is 2.95 bits per heavy atom. The summed E-state index contributed by atoms with van der Waals surface area (Å²) in [6, 6.07) is 6.75. The maximum Gasteiger partial charge on any atom is 0.222 e. The average Bonchev–Trinajstić information content (AvgIpc) is 2.86. The molecule has 1 atom stereocenters. The Hall–Kier alpha value is -1.46. The van der Waals surface area contributed by atoms with Crippen LogP contribution in [0, 0.1) is 6.92 Å². The molecule has 4 nitrogen and oxygen atoms in total. The van der Waals surface area contributed by atoms with E-state index in [1.165, 1.54) is 29.1 Å². The summed E-state index contributed by atoms with van der Waals surface area (Å²) in [5.41, 5.74) is 0. The summed E-state index contributed by atoms with van der Waals surface area (Å²) in [6.45, 7) is 5.48. The normalized spacial score (nSPS) is 19.9. The minimum atomic E-state index is 0.451. The van der Waals surface area contributed by atoms with Crippen LogP contribution in [0.4, 0.5) is 5.95 Å². The van der Waals surface area contributed by atoms with Crippen LogP contribution >= 0.6 is 11.3 Å². The van der Waals surface area contributed by atoms with Crippen molar-refractivity contribution in [3.8, 4) is 0 Å². The predicted molar refractivity (Wildman–Crippen MR) is 83.0 cm³/mol. The van der Waals surface area contributed by atoms with Crippen molar-refractivity contribution in [2.75, 3.05) is 18.4 Å². The van der Waals surface area contributed by atoms with Crippen LogP contribution < -0.4 is 5.32 Å². The fourth-order valence-corrected chi connectivity index (χ4v) is 3.60. The van der Waals surface area contributed by atoms with E-state index >= 15 is 0 Å². The van der Waals surface area contributed by atoms with E-state index in [1.54, 1.807) is 12.4 Å². The number of hydrogen-bond acceptors (Lipinski definition) is 5. The van der Waals surface area contributed by atoms with Gasteiger partial charge < -0.3 is 5.32 Å². The van der Waals surface area contributed by atoms with Gasteiger partial charge in [0.15, 0.2) is 0 Å². The molecular weight excluding hydrogens is 268 g/mol. The number of nitrogens with one attached hydrogen (secondary N) is 1. The zero-order valence-electron chi connectivity index (χ0n) is 11.7. The average molecular weight is 288 g/mol. The van der Waals surface area contributed by atoms with Crippen molar-refractivity contribution in [1.82, 2.24) is 14.9 Å². The van der Waals surface area contributed by atoms with Gasteiger partial charge in [0.05, 0.1) is 0 Å². The third kappa shape index (κ3) is 3.55. The van der Waals surface area contributed by atoms with E-state index in [1.807, 2.05) is 17.4 Å². The minimum Gasteiger partial charge on any atom is -0.350 e. The van der Waals surface area contributed by atoms with Gasteiger partial charge in [-0.15, -0.1) is 11.3 Å². The van der Waals surface area contributed by atoms with E-state index in [-0.39, 0.29) is 0 Å². The molecule has 20 heavy (non-hydrogen) atoms. The van der Waals surface area contributed by atoms with Crippen LogP contribution in [0.2, 0.25) is 0 Å². The second-order valence-corrected chi connectivity index (χ2v) is 6.68. The fourth-order valence-electron chi connectivity index (χ4n) is 2.66. The molecule has 3 heterocycles. The molecule has 0 aromatic carbocycles. The second kappa shape index (κ2) is 6.33. The molecule has 5 heteroatoms.